The minimum atomic E-state index is -0.940. The first kappa shape index (κ1) is 9.39. The van der Waals surface area contributed by atoms with Crippen LogP contribution < -0.4 is 0 Å². The van der Waals surface area contributed by atoms with Gasteiger partial charge in [-0.1, -0.05) is 12.1 Å². The van der Waals surface area contributed by atoms with Gasteiger partial charge in [-0.05, 0) is 34.7 Å². The van der Waals surface area contributed by atoms with Crippen molar-refractivity contribution < 1.29 is 9.90 Å². The molecule has 0 atom stereocenters. The maximum Gasteiger partial charge on any atom is 0.337 e. The van der Waals surface area contributed by atoms with Crippen LogP contribution >= 0.6 is 22.6 Å². The normalized spacial score (nSPS) is 10.4. The zero-order valence-corrected chi connectivity index (χ0v) is 9.22. The van der Waals surface area contributed by atoms with Crippen molar-refractivity contribution in [1.29, 1.82) is 0 Å². The summed E-state index contributed by atoms with van der Waals surface area (Å²) in [6, 6.07) is 7.06. The molecule has 0 fully saturated rings. The van der Waals surface area contributed by atoms with Crippen LogP contribution in [0.5, 0.6) is 0 Å². The molecule has 70 valence electrons. The van der Waals surface area contributed by atoms with Crippen LogP contribution in [0, 0.1) is 3.57 Å². The summed E-state index contributed by atoms with van der Waals surface area (Å²) in [7, 11) is 0. The van der Waals surface area contributed by atoms with Gasteiger partial charge in [0.1, 0.15) is 0 Å². The molecule has 0 unspecified atom stereocenters. The lowest BCUT2D eigenvalue weighted by Gasteiger charge is -2.01. The third-order valence-corrected chi connectivity index (χ3v) is 2.50. The average Bonchev–Trinajstić information content (AvgIpc) is 2.16. The summed E-state index contributed by atoms with van der Waals surface area (Å²) < 4.78 is 0.998. The van der Waals surface area contributed by atoms with Gasteiger partial charge in [0.25, 0.3) is 0 Å². The highest BCUT2D eigenvalue weighted by Gasteiger charge is 2.08. The number of fused-ring (bicyclic) bond motifs is 1. The Kier molecular flexibility index (Phi) is 2.37. The summed E-state index contributed by atoms with van der Waals surface area (Å²) >= 11 is 2.15. The highest BCUT2D eigenvalue weighted by molar-refractivity contribution is 14.1. The van der Waals surface area contributed by atoms with Gasteiger partial charge in [0.15, 0.2) is 0 Å². The number of nitrogens with zero attached hydrogens (tertiary/aromatic N) is 1. The molecular formula is C10H6INO2. The third kappa shape index (κ3) is 1.57. The number of aromatic nitrogens is 1. The minimum absolute atomic E-state index is 0.249. The molecular weight excluding hydrogens is 293 g/mol. The van der Waals surface area contributed by atoms with Gasteiger partial charge in [-0.2, -0.15) is 0 Å². The molecule has 2 aromatic rings. The number of hydrogen-bond donors (Lipinski definition) is 1. The zero-order chi connectivity index (χ0) is 10.1. The Bertz CT molecular complexity index is 510. The van der Waals surface area contributed by atoms with E-state index in [9.17, 15) is 4.79 Å². The van der Waals surface area contributed by atoms with Crippen LogP contribution in [0.1, 0.15) is 10.4 Å². The predicted octanol–water partition coefficient (Wildman–Crippen LogP) is 2.54. The fraction of sp³-hybridized carbons (Fsp3) is 0. The second-order valence-electron chi connectivity index (χ2n) is 2.84. The Balaban J connectivity index is 2.81. The molecule has 0 aliphatic heterocycles. The maximum atomic E-state index is 10.9. The Morgan fingerprint density at radius 2 is 2.21 bits per heavy atom. The van der Waals surface area contributed by atoms with Crippen LogP contribution in [0.2, 0.25) is 0 Å². The first-order chi connectivity index (χ1) is 6.68. The summed E-state index contributed by atoms with van der Waals surface area (Å²) in [4.78, 5) is 15.0. The van der Waals surface area contributed by atoms with Crippen molar-refractivity contribution in [2.45, 2.75) is 0 Å². The van der Waals surface area contributed by atoms with Crippen molar-refractivity contribution in [3.05, 3.63) is 39.6 Å². The number of carboxylic acid groups (broad SMARTS) is 1. The van der Waals surface area contributed by atoms with Crippen LogP contribution in [0.3, 0.4) is 0 Å². The van der Waals surface area contributed by atoms with Gasteiger partial charge >= 0.3 is 5.97 Å². The van der Waals surface area contributed by atoms with E-state index in [0.29, 0.717) is 5.52 Å². The van der Waals surface area contributed by atoms with E-state index in [1.165, 1.54) is 0 Å². The summed E-state index contributed by atoms with van der Waals surface area (Å²) in [5, 5.41) is 9.77. The van der Waals surface area contributed by atoms with Gasteiger partial charge in [0.05, 0.1) is 11.1 Å². The van der Waals surface area contributed by atoms with Crippen LogP contribution in [0.4, 0.5) is 0 Å². The van der Waals surface area contributed by atoms with E-state index in [-0.39, 0.29) is 5.56 Å². The van der Waals surface area contributed by atoms with Crippen LogP contribution in [0.15, 0.2) is 30.5 Å². The summed E-state index contributed by atoms with van der Waals surface area (Å²) in [5.74, 6) is -0.940. The van der Waals surface area contributed by atoms with Gasteiger partial charge < -0.3 is 5.11 Å². The SMILES string of the molecule is O=C(O)c1cccc2cc(I)cnc12. The van der Waals surface area contributed by atoms with E-state index in [1.807, 2.05) is 12.1 Å². The molecule has 1 heterocycles. The van der Waals surface area contributed by atoms with Crippen molar-refractivity contribution in [2.75, 3.05) is 0 Å². The molecule has 4 heteroatoms. The van der Waals surface area contributed by atoms with Crippen molar-refractivity contribution in [3.63, 3.8) is 0 Å². The molecule has 0 bridgehead atoms. The number of halogens is 1. The molecule has 2 rings (SSSR count). The summed E-state index contributed by atoms with van der Waals surface area (Å²) in [6.45, 7) is 0. The van der Waals surface area contributed by atoms with E-state index >= 15 is 0 Å². The van der Waals surface area contributed by atoms with Crippen LogP contribution in [-0.2, 0) is 0 Å². The molecule has 0 aliphatic carbocycles. The molecule has 0 spiro atoms. The van der Waals surface area contributed by atoms with E-state index < -0.39 is 5.97 Å². The zero-order valence-electron chi connectivity index (χ0n) is 7.07. The van der Waals surface area contributed by atoms with E-state index in [4.69, 9.17) is 5.11 Å². The number of hydrogen-bond acceptors (Lipinski definition) is 2. The molecule has 0 amide bonds. The highest BCUT2D eigenvalue weighted by atomic mass is 127. The van der Waals surface area contributed by atoms with Crippen molar-refractivity contribution in [2.24, 2.45) is 0 Å². The fourth-order valence-electron chi connectivity index (χ4n) is 1.31. The van der Waals surface area contributed by atoms with Gasteiger partial charge in [0.2, 0.25) is 0 Å². The van der Waals surface area contributed by atoms with Gasteiger partial charge in [-0.15, -0.1) is 0 Å². The summed E-state index contributed by atoms with van der Waals surface area (Å²) in [5.41, 5.74) is 0.791. The van der Waals surface area contributed by atoms with Crippen molar-refractivity contribution in [3.8, 4) is 0 Å². The third-order valence-electron chi connectivity index (χ3n) is 1.91. The molecule has 0 saturated carbocycles. The molecule has 14 heavy (non-hydrogen) atoms. The van der Waals surface area contributed by atoms with Crippen molar-refractivity contribution >= 4 is 39.5 Å². The minimum Gasteiger partial charge on any atom is -0.478 e. The van der Waals surface area contributed by atoms with Crippen molar-refractivity contribution in [1.82, 2.24) is 4.98 Å². The van der Waals surface area contributed by atoms with E-state index in [2.05, 4.69) is 27.6 Å². The number of aromatic carboxylic acids is 1. The average molecular weight is 299 g/mol. The standard InChI is InChI=1S/C10H6INO2/c11-7-4-6-2-1-3-8(10(13)14)9(6)12-5-7/h1-5H,(H,13,14). The number of carbonyl (C=O) groups is 1. The molecule has 0 aliphatic rings. The number of para-hydroxylation sites is 1. The fourth-order valence-corrected chi connectivity index (χ4v) is 1.78. The first-order valence-corrected chi connectivity index (χ1v) is 5.04. The van der Waals surface area contributed by atoms with Crippen LogP contribution in [0.25, 0.3) is 10.9 Å². The number of benzene rings is 1. The second kappa shape index (κ2) is 3.53. The Morgan fingerprint density at radius 1 is 1.43 bits per heavy atom. The highest BCUT2D eigenvalue weighted by Crippen LogP contribution is 2.18. The molecule has 1 aromatic carbocycles. The smallest absolute Gasteiger partial charge is 0.337 e. The summed E-state index contributed by atoms with van der Waals surface area (Å²) in [6.07, 6.45) is 1.66. The number of pyridine rings is 1. The molecule has 0 radical (unpaired) electrons. The lowest BCUT2D eigenvalue weighted by atomic mass is 10.1. The first-order valence-electron chi connectivity index (χ1n) is 3.96. The van der Waals surface area contributed by atoms with Crippen LogP contribution in [-0.4, -0.2) is 16.1 Å². The topological polar surface area (TPSA) is 50.2 Å². The molecule has 3 nitrogen and oxygen atoms in total. The quantitative estimate of drug-likeness (QED) is 0.823. The van der Waals surface area contributed by atoms with E-state index in [1.54, 1.807) is 18.3 Å². The lowest BCUT2D eigenvalue weighted by Crippen LogP contribution is -1.98. The van der Waals surface area contributed by atoms with E-state index in [0.717, 1.165) is 8.96 Å². The van der Waals surface area contributed by atoms with Gasteiger partial charge in [0, 0.05) is 15.2 Å². The Hall–Kier alpha value is -1.17. The molecule has 0 saturated heterocycles. The molecule has 1 N–H and O–H groups in total. The predicted molar refractivity (Wildman–Crippen MR) is 61.4 cm³/mol. The Labute approximate surface area is 93.9 Å². The van der Waals surface area contributed by atoms with Gasteiger partial charge in [-0.25, -0.2) is 4.79 Å². The second-order valence-corrected chi connectivity index (χ2v) is 4.08. The maximum absolute atomic E-state index is 10.9. The number of carboxylic acids is 1. The monoisotopic (exact) mass is 299 g/mol. The number of rotatable bonds is 1. The largest absolute Gasteiger partial charge is 0.478 e. The Morgan fingerprint density at radius 3 is 2.93 bits per heavy atom. The molecule has 1 aromatic heterocycles. The lowest BCUT2D eigenvalue weighted by molar-refractivity contribution is 0.0699. The van der Waals surface area contributed by atoms with Gasteiger partial charge in [-0.3, -0.25) is 4.98 Å².